The number of ether oxygens (including phenoxy) is 2. The number of thioether (sulfide) groups is 1. The Morgan fingerprint density at radius 3 is 2.65 bits per heavy atom. The molecule has 0 radical (unpaired) electrons. The van der Waals surface area contributed by atoms with E-state index >= 15 is 0 Å². The smallest absolute Gasteiger partial charge is 0.306 e. The minimum absolute atomic E-state index is 0. The largest absolute Gasteiger partial charge is 0.469 e. The first-order chi connectivity index (χ1) is 12.1. The summed E-state index contributed by atoms with van der Waals surface area (Å²) in [6.45, 7) is 1.55. The zero-order valence-electron chi connectivity index (χ0n) is 15.2. The maximum atomic E-state index is 12.7. The molecule has 1 aromatic carbocycles. The summed E-state index contributed by atoms with van der Waals surface area (Å²) in [5.74, 6) is 1.20. The van der Waals surface area contributed by atoms with Crippen LogP contribution in [0.4, 0.5) is 5.69 Å². The number of carbonyl (C=O) groups is 2. The Balaban J connectivity index is 0.00000338. The zero-order chi connectivity index (χ0) is 18.1. The van der Waals surface area contributed by atoms with Gasteiger partial charge in [0.1, 0.15) is 5.60 Å². The van der Waals surface area contributed by atoms with E-state index in [1.165, 1.54) is 7.11 Å². The standard InChI is InChI=1S/C18H26N2O4S.ClH/c1-23-16(21)6-11-25-13-14-4-3-5-15(12-14)20-17(22)18(24-2)7-9-19-10-8-18;/h3-5,12,19H,6-11,13H2,1-2H3,(H,20,22);1H. The van der Waals surface area contributed by atoms with Crippen LogP contribution in [-0.2, 0) is 24.8 Å². The van der Waals surface area contributed by atoms with Crippen molar-refractivity contribution < 1.29 is 19.1 Å². The molecule has 2 rings (SSSR count). The average Bonchev–Trinajstić information content (AvgIpc) is 2.65. The van der Waals surface area contributed by atoms with Gasteiger partial charge in [-0.2, -0.15) is 11.8 Å². The predicted octanol–water partition coefficient (Wildman–Crippen LogP) is 2.61. The van der Waals surface area contributed by atoms with Gasteiger partial charge in [0.2, 0.25) is 0 Å². The van der Waals surface area contributed by atoms with Crippen LogP contribution in [0.1, 0.15) is 24.8 Å². The lowest BCUT2D eigenvalue weighted by Gasteiger charge is -2.34. The topological polar surface area (TPSA) is 76.7 Å². The molecule has 0 atom stereocenters. The molecule has 26 heavy (non-hydrogen) atoms. The first-order valence-corrected chi connectivity index (χ1v) is 9.56. The Morgan fingerprint density at radius 1 is 1.27 bits per heavy atom. The van der Waals surface area contributed by atoms with Gasteiger partial charge in [-0.05, 0) is 43.6 Å². The number of esters is 1. The summed E-state index contributed by atoms with van der Waals surface area (Å²) in [6, 6.07) is 7.78. The minimum Gasteiger partial charge on any atom is -0.469 e. The molecule has 1 fully saturated rings. The molecule has 6 nitrogen and oxygen atoms in total. The van der Waals surface area contributed by atoms with Gasteiger partial charge in [-0.15, -0.1) is 12.4 Å². The molecule has 1 aromatic rings. The van der Waals surface area contributed by atoms with Crippen molar-refractivity contribution in [1.82, 2.24) is 5.32 Å². The lowest BCUT2D eigenvalue weighted by Crippen LogP contribution is -2.51. The van der Waals surface area contributed by atoms with Crippen LogP contribution in [-0.4, -0.2) is 50.5 Å². The number of halogens is 1. The number of hydrogen-bond donors (Lipinski definition) is 2. The lowest BCUT2D eigenvalue weighted by molar-refractivity contribution is -0.141. The van der Waals surface area contributed by atoms with E-state index < -0.39 is 5.60 Å². The lowest BCUT2D eigenvalue weighted by atomic mass is 9.91. The molecule has 2 N–H and O–H groups in total. The molecular formula is C18H27ClN2O4S. The van der Waals surface area contributed by atoms with Crippen molar-refractivity contribution in [3.63, 3.8) is 0 Å². The fourth-order valence-corrected chi connectivity index (χ4v) is 3.66. The Labute approximate surface area is 165 Å². The second-order valence-electron chi connectivity index (χ2n) is 5.98. The fraction of sp³-hybridized carbons (Fsp3) is 0.556. The molecule has 0 aromatic heterocycles. The molecule has 1 saturated heterocycles. The van der Waals surface area contributed by atoms with Gasteiger partial charge < -0.3 is 20.1 Å². The number of piperidine rings is 1. The van der Waals surface area contributed by atoms with E-state index in [0.29, 0.717) is 25.0 Å². The molecule has 0 saturated carbocycles. The van der Waals surface area contributed by atoms with Crippen LogP contribution in [0.2, 0.25) is 0 Å². The third-order valence-electron chi connectivity index (χ3n) is 4.35. The van der Waals surface area contributed by atoms with Crippen molar-refractivity contribution in [2.45, 2.75) is 30.6 Å². The molecule has 146 valence electrons. The van der Waals surface area contributed by atoms with E-state index in [4.69, 9.17) is 4.74 Å². The highest BCUT2D eigenvalue weighted by Gasteiger charge is 2.39. The number of anilines is 1. The minimum atomic E-state index is -0.753. The summed E-state index contributed by atoms with van der Waals surface area (Å²) in [6.07, 6.45) is 1.73. The molecule has 8 heteroatoms. The average molecular weight is 403 g/mol. The van der Waals surface area contributed by atoms with Crippen LogP contribution in [0.3, 0.4) is 0 Å². The number of carbonyl (C=O) groups excluding carboxylic acids is 2. The number of hydrogen-bond acceptors (Lipinski definition) is 6. The van der Waals surface area contributed by atoms with E-state index in [0.717, 1.165) is 30.1 Å². The molecule has 0 bridgehead atoms. The van der Waals surface area contributed by atoms with E-state index in [9.17, 15) is 9.59 Å². The van der Waals surface area contributed by atoms with E-state index in [1.54, 1.807) is 18.9 Å². The first kappa shape index (κ1) is 22.8. The van der Waals surface area contributed by atoms with Crippen LogP contribution < -0.4 is 10.6 Å². The number of amides is 1. The Kier molecular flexibility index (Phi) is 10.0. The Bertz CT molecular complexity index is 594. The number of benzene rings is 1. The summed E-state index contributed by atoms with van der Waals surface area (Å²) < 4.78 is 10.2. The third kappa shape index (κ3) is 6.46. The maximum Gasteiger partial charge on any atom is 0.306 e. The Morgan fingerprint density at radius 2 is 2.00 bits per heavy atom. The van der Waals surface area contributed by atoms with E-state index in [2.05, 4.69) is 15.4 Å². The molecule has 0 aliphatic carbocycles. The summed E-state index contributed by atoms with van der Waals surface area (Å²) >= 11 is 1.66. The van der Waals surface area contributed by atoms with Crippen molar-refractivity contribution in [2.24, 2.45) is 0 Å². The van der Waals surface area contributed by atoms with Gasteiger partial charge in [-0.25, -0.2) is 0 Å². The number of rotatable bonds is 8. The van der Waals surface area contributed by atoms with Gasteiger partial charge in [-0.1, -0.05) is 12.1 Å². The molecule has 1 aliphatic heterocycles. The summed E-state index contributed by atoms with van der Waals surface area (Å²) in [4.78, 5) is 23.8. The quantitative estimate of drug-likeness (QED) is 0.514. The van der Waals surface area contributed by atoms with Crippen LogP contribution >= 0.6 is 24.2 Å². The first-order valence-electron chi connectivity index (χ1n) is 8.40. The number of methoxy groups -OCH3 is 2. The van der Waals surface area contributed by atoms with Crippen molar-refractivity contribution in [2.75, 3.05) is 38.4 Å². The second-order valence-corrected chi connectivity index (χ2v) is 7.09. The van der Waals surface area contributed by atoms with Gasteiger partial charge in [0.05, 0.1) is 13.5 Å². The van der Waals surface area contributed by atoms with Gasteiger partial charge in [-0.3, -0.25) is 9.59 Å². The van der Waals surface area contributed by atoms with E-state index in [1.807, 2.05) is 24.3 Å². The third-order valence-corrected chi connectivity index (χ3v) is 5.38. The van der Waals surface area contributed by atoms with Crippen LogP contribution in [0.5, 0.6) is 0 Å². The number of nitrogens with one attached hydrogen (secondary N) is 2. The van der Waals surface area contributed by atoms with Crippen LogP contribution in [0, 0.1) is 0 Å². The molecule has 0 spiro atoms. The van der Waals surface area contributed by atoms with Crippen LogP contribution in [0.25, 0.3) is 0 Å². The van der Waals surface area contributed by atoms with Gasteiger partial charge in [0.25, 0.3) is 5.91 Å². The van der Waals surface area contributed by atoms with Gasteiger partial charge in [0.15, 0.2) is 0 Å². The van der Waals surface area contributed by atoms with Crippen LogP contribution in [0.15, 0.2) is 24.3 Å². The molecule has 1 heterocycles. The normalized spacial score (nSPS) is 15.6. The molecule has 0 unspecified atom stereocenters. The fourth-order valence-electron chi connectivity index (χ4n) is 2.79. The second kappa shape index (κ2) is 11.4. The van der Waals surface area contributed by atoms with Crippen molar-refractivity contribution in [1.29, 1.82) is 0 Å². The summed E-state index contributed by atoms with van der Waals surface area (Å²) in [7, 11) is 2.99. The van der Waals surface area contributed by atoms with Crippen molar-refractivity contribution in [3.8, 4) is 0 Å². The monoisotopic (exact) mass is 402 g/mol. The highest BCUT2D eigenvalue weighted by molar-refractivity contribution is 7.98. The molecule has 1 amide bonds. The van der Waals surface area contributed by atoms with Crippen molar-refractivity contribution >= 4 is 41.7 Å². The summed E-state index contributed by atoms with van der Waals surface area (Å²) in [5, 5.41) is 6.23. The van der Waals surface area contributed by atoms with Gasteiger partial charge in [0, 0.05) is 24.3 Å². The molecular weight excluding hydrogens is 376 g/mol. The summed E-state index contributed by atoms with van der Waals surface area (Å²) in [5.41, 5.74) is 1.12. The Hall–Kier alpha value is -1.28. The van der Waals surface area contributed by atoms with Crippen molar-refractivity contribution in [3.05, 3.63) is 29.8 Å². The maximum absolute atomic E-state index is 12.7. The van der Waals surface area contributed by atoms with Gasteiger partial charge >= 0.3 is 5.97 Å². The predicted molar refractivity (Wildman–Crippen MR) is 107 cm³/mol. The molecule has 1 aliphatic rings. The highest BCUT2D eigenvalue weighted by Crippen LogP contribution is 2.25. The van der Waals surface area contributed by atoms with E-state index in [-0.39, 0.29) is 24.3 Å². The SMILES string of the molecule is COC(=O)CCSCc1cccc(NC(=O)C2(OC)CCNCC2)c1.Cl. The highest BCUT2D eigenvalue weighted by atomic mass is 35.5. The zero-order valence-corrected chi connectivity index (χ0v) is 16.8.